The number of carbonyl (C=O) groups is 1. The fourth-order valence-electron chi connectivity index (χ4n) is 2.32. The number of thiophene rings is 1. The quantitative estimate of drug-likeness (QED) is 0.836. The number of hydrogen-bond donors (Lipinski definition) is 2. The van der Waals surface area contributed by atoms with E-state index in [9.17, 15) is 4.79 Å². The number of anilines is 2. The third-order valence-corrected chi connectivity index (χ3v) is 4.48. The van der Waals surface area contributed by atoms with Gasteiger partial charge in [-0.3, -0.25) is 4.79 Å². The molecule has 102 valence electrons. The first-order valence-corrected chi connectivity index (χ1v) is 6.80. The second-order valence-corrected chi connectivity index (χ2v) is 5.46. The molecule has 1 aliphatic heterocycles. The summed E-state index contributed by atoms with van der Waals surface area (Å²) >= 11 is 1.20. The van der Waals surface area contributed by atoms with Gasteiger partial charge in [0.05, 0.1) is 17.8 Å². The molecule has 0 saturated carbocycles. The summed E-state index contributed by atoms with van der Waals surface area (Å²) < 4.78 is 2.06. The first-order valence-electron chi connectivity index (χ1n) is 5.99. The van der Waals surface area contributed by atoms with Crippen molar-refractivity contribution >= 4 is 27.9 Å². The lowest BCUT2D eigenvalue weighted by Crippen LogP contribution is -2.34. The number of primary amides is 1. The van der Waals surface area contributed by atoms with Crippen LogP contribution in [-0.4, -0.2) is 22.0 Å². The van der Waals surface area contributed by atoms with Gasteiger partial charge >= 0.3 is 0 Å². The minimum atomic E-state index is -0.607. The summed E-state index contributed by atoms with van der Waals surface area (Å²) in [6, 6.07) is 2.00. The number of hydrogen-bond acceptors (Lipinski definition) is 6. The predicted molar refractivity (Wildman–Crippen MR) is 75.2 cm³/mol. The van der Waals surface area contributed by atoms with E-state index in [1.165, 1.54) is 11.3 Å². The van der Waals surface area contributed by atoms with E-state index in [0.29, 0.717) is 23.0 Å². The van der Waals surface area contributed by atoms with Crippen LogP contribution in [0.4, 0.5) is 10.7 Å². The van der Waals surface area contributed by atoms with Crippen LogP contribution in [0.1, 0.15) is 21.1 Å². The molecule has 1 aliphatic rings. The standard InChI is InChI=1S/C12H12N6OS/c13-5-7-10(14)9(11(15)19)12(20-7)18-4-3-17-2-1-16-8(17)6-18/h1-2H,3-4,6,14H2,(H2,15,19). The zero-order chi connectivity index (χ0) is 14.3. The van der Waals surface area contributed by atoms with Crippen molar-refractivity contribution < 1.29 is 4.79 Å². The number of nitriles is 1. The molecule has 0 unspecified atom stereocenters. The van der Waals surface area contributed by atoms with Crippen molar-refractivity contribution in [3.8, 4) is 6.07 Å². The molecule has 0 atom stereocenters. The Morgan fingerprint density at radius 3 is 3.00 bits per heavy atom. The summed E-state index contributed by atoms with van der Waals surface area (Å²) in [5, 5.41) is 9.71. The molecule has 2 aromatic heterocycles. The predicted octanol–water partition coefficient (Wildman–Crippen LogP) is 0.518. The van der Waals surface area contributed by atoms with Crippen molar-refractivity contribution in [2.45, 2.75) is 13.1 Å². The number of nitrogens with zero attached hydrogens (tertiary/aromatic N) is 4. The molecule has 1 amide bonds. The molecule has 0 saturated heterocycles. The fourth-order valence-corrected chi connectivity index (χ4v) is 3.37. The average Bonchev–Trinajstić information content (AvgIpc) is 3.01. The summed E-state index contributed by atoms with van der Waals surface area (Å²) in [7, 11) is 0. The van der Waals surface area contributed by atoms with Crippen molar-refractivity contribution in [1.82, 2.24) is 9.55 Å². The maximum Gasteiger partial charge on any atom is 0.253 e. The Hall–Kier alpha value is -2.53. The van der Waals surface area contributed by atoms with Gasteiger partial charge in [0.1, 0.15) is 21.8 Å². The molecule has 0 aromatic carbocycles. The molecule has 7 nitrogen and oxygen atoms in total. The molecule has 20 heavy (non-hydrogen) atoms. The van der Waals surface area contributed by atoms with E-state index in [1.54, 1.807) is 6.20 Å². The Morgan fingerprint density at radius 2 is 2.30 bits per heavy atom. The van der Waals surface area contributed by atoms with Crippen molar-refractivity contribution in [2.24, 2.45) is 5.73 Å². The van der Waals surface area contributed by atoms with Crippen LogP contribution in [0.5, 0.6) is 0 Å². The van der Waals surface area contributed by atoms with Gasteiger partial charge < -0.3 is 20.9 Å². The number of aromatic nitrogens is 2. The van der Waals surface area contributed by atoms with E-state index in [4.69, 9.17) is 16.7 Å². The largest absolute Gasteiger partial charge is 0.396 e. The molecule has 0 spiro atoms. The maximum absolute atomic E-state index is 11.6. The van der Waals surface area contributed by atoms with Crippen LogP contribution in [0.3, 0.4) is 0 Å². The first-order chi connectivity index (χ1) is 9.61. The Labute approximate surface area is 119 Å². The molecule has 0 radical (unpaired) electrons. The molecule has 0 bridgehead atoms. The highest BCUT2D eigenvalue weighted by molar-refractivity contribution is 7.17. The number of nitrogens with two attached hydrogens (primary N) is 2. The summed E-state index contributed by atoms with van der Waals surface area (Å²) in [5.74, 6) is 0.307. The van der Waals surface area contributed by atoms with E-state index in [-0.39, 0.29) is 11.3 Å². The molecular weight excluding hydrogens is 276 g/mol. The van der Waals surface area contributed by atoms with Crippen molar-refractivity contribution in [3.05, 3.63) is 28.7 Å². The van der Waals surface area contributed by atoms with Crippen molar-refractivity contribution in [1.29, 1.82) is 5.26 Å². The first kappa shape index (κ1) is 12.5. The lowest BCUT2D eigenvalue weighted by atomic mass is 10.2. The maximum atomic E-state index is 11.6. The summed E-state index contributed by atoms with van der Waals surface area (Å²) in [4.78, 5) is 18.2. The topological polar surface area (TPSA) is 114 Å². The second-order valence-electron chi connectivity index (χ2n) is 4.46. The number of imidazole rings is 1. The molecule has 0 fully saturated rings. The molecular formula is C12H12N6OS. The number of carbonyl (C=O) groups excluding carboxylic acids is 1. The monoisotopic (exact) mass is 288 g/mol. The second kappa shape index (κ2) is 4.54. The van der Waals surface area contributed by atoms with Crippen molar-refractivity contribution in [2.75, 3.05) is 17.2 Å². The average molecular weight is 288 g/mol. The zero-order valence-corrected chi connectivity index (χ0v) is 11.4. The summed E-state index contributed by atoms with van der Waals surface area (Å²) in [6.07, 6.45) is 3.67. The SMILES string of the molecule is N#Cc1sc(N2CCn3ccnc3C2)c(C(N)=O)c1N. The van der Waals surface area contributed by atoms with Crippen LogP contribution >= 0.6 is 11.3 Å². The van der Waals surface area contributed by atoms with Gasteiger partial charge in [-0.1, -0.05) is 0 Å². The number of rotatable bonds is 2. The van der Waals surface area contributed by atoms with E-state index in [2.05, 4.69) is 9.55 Å². The summed E-state index contributed by atoms with van der Waals surface area (Å²) in [6.45, 7) is 2.06. The molecule has 8 heteroatoms. The highest BCUT2D eigenvalue weighted by Gasteiger charge is 2.26. The van der Waals surface area contributed by atoms with Gasteiger partial charge in [0, 0.05) is 25.5 Å². The lowest BCUT2D eigenvalue weighted by Gasteiger charge is -2.28. The number of amides is 1. The Morgan fingerprint density at radius 1 is 1.50 bits per heavy atom. The van der Waals surface area contributed by atoms with Gasteiger partial charge in [0.15, 0.2) is 0 Å². The van der Waals surface area contributed by atoms with E-state index >= 15 is 0 Å². The van der Waals surface area contributed by atoms with Gasteiger partial charge in [-0.15, -0.1) is 11.3 Å². The van der Waals surface area contributed by atoms with Gasteiger partial charge in [-0.25, -0.2) is 4.98 Å². The molecule has 2 aromatic rings. The number of fused-ring (bicyclic) bond motifs is 1. The lowest BCUT2D eigenvalue weighted by molar-refractivity contribution is 0.100. The molecule has 4 N–H and O–H groups in total. The van der Waals surface area contributed by atoms with E-state index in [1.807, 2.05) is 17.2 Å². The van der Waals surface area contributed by atoms with Crippen LogP contribution in [0.15, 0.2) is 12.4 Å². The van der Waals surface area contributed by atoms with E-state index in [0.717, 1.165) is 12.4 Å². The normalized spacial score (nSPS) is 13.8. The minimum absolute atomic E-state index is 0.175. The highest BCUT2D eigenvalue weighted by Crippen LogP contribution is 2.38. The van der Waals surface area contributed by atoms with Gasteiger partial charge in [-0.05, 0) is 0 Å². The Bertz CT molecular complexity index is 725. The molecule has 3 rings (SSSR count). The van der Waals surface area contributed by atoms with Crippen LogP contribution < -0.4 is 16.4 Å². The third kappa shape index (κ3) is 1.80. The molecule has 3 heterocycles. The minimum Gasteiger partial charge on any atom is -0.396 e. The van der Waals surface area contributed by atoms with Crippen LogP contribution in [0.25, 0.3) is 0 Å². The highest BCUT2D eigenvalue weighted by atomic mass is 32.1. The third-order valence-electron chi connectivity index (χ3n) is 3.31. The smallest absolute Gasteiger partial charge is 0.253 e. The van der Waals surface area contributed by atoms with Crippen LogP contribution in [0.2, 0.25) is 0 Å². The Balaban J connectivity index is 2.03. The van der Waals surface area contributed by atoms with Gasteiger partial charge in [0.25, 0.3) is 5.91 Å². The molecule has 0 aliphatic carbocycles. The summed E-state index contributed by atoms with van der Waals surface area (Å²) in [5.41, 5.74) is 11.6. The van der Waals surface area contributed by atoms with Crippen LogP contribution in [-0.2, 0) is 13.1 Å². The van der Waals surface area contributed by atoms with Gasteiger partial charge in [0.2, 0.25) is 0 Å². The fraction of sp³-hybridized carbons (Fsp3) is 0.250. The number of nitrogen functional groups attached to an aromatic ring is 1. The zero-order valence-electron chi connectivity index (χ0n) is 10.5. The van der Waals surface area contributed by atoms with E-state index < -0.39 is 5.91 Å². The van der Waals surface area contributed by atoms with Crippen LogP contribution in [0, 0.1) is 11.3 Å². The van der Waals surface area contributed by atoms with Crippen molar-refractivity contribution in [3.63, 3.8) is 0 Å². The van der Waals surface area contributed by atoms with Gasteiger partial charge in [-0.2, -0.15) is 5.26 Å². The Kier molecular flexibility index (Phi) is 2.84.